The standard InChI is InChI=1S/C24H50.Mg.2H/c1-3-5-7-9-11-13-15-17-19-21-23-24-22-20-18-16-14-12-10-8-6-4-2;;;/h3-24H2,1-2H3;;;/q;+2;2*-1. The second kappa shape index (κ2) is 27.0. The molecule has 0 aromatic heterocycles. The van der Waals surface area contributed by atoms with E-state index in [1.165, 1.54) is 141 Å². The van der Waals surface area contributed by atoms with E-state index in [2.05, 4.69) is 13.8 Å². The minimum atomic E-state index is 0. The number of rotatable bonds is 21. The van der Waals surface area contributed by atoms with Gasteiger partial charge in [0, 0.05) is 0 Å². The van der Waals surface area contributed by atoms with Gasteiger partial charge in [0.25, 0.3) is 0 Å². The van der Waals surface area contributed by atoms with Crippen LogP contribution in [0, 0.1) is 0 Å². The molecule has 0 nitrogen and oxygen atoms in total. The molecule has 0 atom stereocenters. The van der Waals surface area contributed by atoms with Crippen molar-refractivity contribution in [3.05, 3.63) is 0 Å². The Kier molecular flexibility index (Phi) is 30.2. The van der Waals surface area contributed by atoms with Gasteiger partial charge >= 0.3 is 23.1 Å². The van der Waals surface area contributed by atoms with E-state index in [0.29, 0.717) is 0 Å². The van der Waals surface area contributed by atoms with E-state index >= 15 is 0 Å². The van der Waals surface area contributed by atoms with Gasteiger partial charge < -0.3 is 2.85 Å². The fourth-order valence-electron chi connectivity index (χ4n) is 3.68. The molecule has 0 fully saturated rings. The molecule has 0 aliphatic rings. The molecule has 25 heavy (non-hydrogen) atoms. The number of hydrogen-bond donors (Lipinski definition) is 0. The van der Waals surface area contributed by atoms with Crippen LogP contribution < -0.4 is 0 Å². The van der Waals surface area contributed by atoms with Crippen molar-refractivity contribution in [2.24, 2.45) is 0 Å². The molecular formula is C24H52Mg. The number of hydrogen-bond acceptors (Lipinski definition) is 0. The molecule has 0 aliphatic carbocycles. The molecule has 1 heteroatoms. The molecule has 0 amide bonds. The van der Waals surface area contributed by atoms with Crippen LogP contribution >= 0.6 is 0 Å². The second-order valence-corrected chi connectivity index (χ2v) is 8.07. The molecule has 0 aromatic carbocycles. The van der Waals surface area contributed by atoms with E-state index in [4.69, 9.17) is 0 Å². The van der Waals surface area contributed by atoms with Crippen molar-refractivity contribution in [2.75, 3.05) is 0 Å². The van der Waals surface area contributed by atoms with E-state index in [1.54, 1.807) is 0 Å². The summed E-state index contributed by atoms with van der Waals surface area (Å²) in [6, 6.07) is 0. The molecule has 0 aliphatic heterocycles. The van der Waals surface area contributed by atoms with Crippen LogP contribution in [0.2, 0.25) is 0 Å². The summed E-state index contributed by atoms with van der Waals surface area (Å²) in [7, 11) is 0. The van der Waals surface area contributed by atoms with Crippen LogP contribution in [-0.4, -0.2) is 23.1 Å². The smallest absolute Gasteiger partial charge is 1.00 e. The van der Waals surface area contributed by atoms with Crippen LogP contribution in [0.1, 0.15) is 158 Å². The Labute approximate surface area is 180 Å². The van der Waals surface area contributed by atoms with E-state index < -0.39 is 0 Å². The molecule has 0 rings (SSSR count). The Morgan fingerprint density at radius 1 is 0.280 bits per heavy atom. The SMILES string of the molecule is CCCCCCCCCCCCCCCCCCCCCCCC.[H-].[H-].[Mg+2]. The molecule has 0 heterocycles. The summed E-state index contributed by atoms with van der Waals surface area (Å²) in [5.74, 6) is 0. The zero-order valence-corrected chi connectivity index (χ0v) is 19.7. The van der Waals surface area contributed by atoms with E-state index in [1.807, 2.05) is 0 Å². The summed E-state index contributed by atoms with van der Waals surface area (Å²) in [5.41, 5.74) is 0. The third kappa shape index (κ3) is 27.1. The van der Waals surface area contributed by atoms with Crippen LogP contribution in [-0.2, 0) is 0 Å². The first-order valence-electron chi connectivity index (χ1n) is 11.9. The molecule has 0 saturated carbocycles. The maximum atomic E-state index is 2.30. The largest absolute Gasteiger partial charge is 2.00 e. The third-order valence-electron chi connectivity index (χ3n) is 5.46. The zero-order chi connectivity index (χ0) is 17.6. The molecule has 0 N–H and O–H groups in total. The maximum Gasteiger partial charge on any atom is 2.00 e. The first-order chi connectivity index (χ1) is 11.9. The topological polar surface area (TPSA) is 0 Å². The van der Waals surface area contributed by atoms with Crippen molar-refractivity contribution >= 4 is 23.1 Å². The van der Waals surface area contributed by atoms with E-state index in [0.717, 1.165) is 0 Å². The van der Waals surface area contributed by atoms with Gasteiger partial charge in [-0.15, -0.1) is 0 Å². The second-order valence-electron chi connectivity index (χ2n) is 8.07. The third-order valence-corrected chi connectivity index (χ3v) is 5.46. The van der Waals surface area contributed by atoms with Gasteiger partial charge in [-0.1, -0.05) is 155 Å². The van der Waals surface area contributed by atoms with Crippen molar-refractivity contribution in [1.29, 1.82) is 0 Å². The summed E-state index contributed by atoms with van der Waals surface area (Å²) in [6.07, 6.45) is 32.4. The van der Waals surface area contributed by atoms with Crippen molar-refractivity contribution in [3.63, 3.8) is 0 Å². The van der Waals surface area contributed by atoms with Gasteiger partial charge in [0.2, 0.25) is 0 Å². The predicted octanol–water partition coefficient (Wildman–Crippen LogP) is 9.45. The first-order valence-corrected chi connectivity index (χ1v) is 11.9. The Balaban J connectivity index is -0.000000882. The summed E-state index contributed by atoms with van der Waals surface area (Å²) < 4.78 is 0. The normalized spacial score (nSPS) is 10.8. The summed E-state index contributed by atoms with van der Waals surface area (Å²) in [6.45, 7) is 4.60. The van der Waals surface area contributed by atoms with E-state index in [9.17, 15) is 0 Å². The fourth-order valence-corrected chi connectivity index (χ4v) is 3.68. The van der Waals surface area contributed by atoms with Crippen LogP contribution in [0.15, 0.2) is 0 Å². The molecule has 0 spiro atoms. The van der Waals surface area contributed by atoms with Gasteiger partial charge in [0.15, 0.2) is 0 Å². The maximum absolute atomic E-state index is 2.30. The molecule has 0 aromatic rings. The molecular weight excluding hydrogens is 313 g/mol. The molecule has 150 valence electrons. The number of unbranched alkanes of at least 4 members (excludes halogenated alkanes) is 21. The fraction of sp³-hybridized carbons (Fsp3) is 1.00. The average molecular weight is 365 g/mol. The van der Waals surface area contributed by atoms with Crippen LogP contribution in [0.4, 0.5) is 0 Å². The minimum absolute atomic E-state index is 0. The predicted molar refractivity (Wildman–Crippen MR) is 121 cm³/mol. The van der Waals surface area contributed by atoms with Crippen LogP contribution in [0.25, 0.3) is 0 Å². The van der Waals surface area contributed by atoms with Gasteiger partial charge in [-0.05, 0) is 0 Å². The Bertz CT molecular complexity index is 191. The van der Waals surface area contributed by atoms with Gasteiger partial charge in [0.05, 0.1) is 0 Å². The summed E-state index contributed by atoms with van der Waals surface area (Å²) in [4.78, 5) is 0. The van der Waals surface area contributed by atoms with Crippen molar-refractivity contribution in [1.82, 2.24) is 0 Å². The average Bonchev–Trinajstić information content (AvgIpc) is 2.60. The van der Waals surface area contributed by atoms with Gasteiger partial charge in [0.1, 0.15) is 0 Å². The molecule has 0 unspecified atom stereocenters. The summed E-state index contributed by atoms with van der Waals surface area (Å²) in [5, 5.41) is 0. The first kappa shape index (κ1) is 28.0. The minimum Gasteiger partial charge on any atom is -1.00 e. The van der Waals surface area contributed by atoms with Gasteiger partial charge in [-0.3, -0.25) is 0 Å². The van der Waals surface area contributed by atoms with Crippen molar-refractivity contribution in [2.45, 2.75) is 155 Å². The molecule has 0 radical (unpaired) electrons. The van der Waals surface area contributed by atoms with Crippen molar-refractivity contribution in [3.8, 4) is 0 Å². The van der Waals surface area contributed by atoms with E-state index in [-0.39, 0.29) is 25.9 Å². The van der Waals surface area contributed by atoms with Crippen LogP contribution in [0.3, 0.4) is 0 Å². The molecule has 0 bridgehead atoms. The van der Waals surface area contributed by atoms with Crippen molar-refractivity contribution < 1.29 is 2.85 Å². The van der Waals surface area contributed by atoms with Crippen LogP contribution in [0.5, 0.6) is 0 Å². The summed E-state index contributed by atoms with van der Waals surface area (Å²) >= 11 is 0. The monoisotopic (exact) mass is 364 g/mol. The Hall–Kier alpha value is 0.766. The van der Waals surface area contributed by atoms with Gasteiger partial charge in [-0.2, -0.15) is 0 Å². The Morgan fingerprint density at radius 2 is 0.400 bits per heavy atom. The quantitative estimate of drug-likeness (QED) is 0.140. The zero-order valence-electron chi connectivity index (χ0n) is 20.3. The molecule has 0 saturated heterocycles. The van der Waals surface area contributed by atoms with Gasteiger partial charge in [-0.25, -0.2) is 0 Å². The Morgan fingerprint density at radius 3 is 0.520 bits per heavy atom.